The van der Waals surface area contributed by atoms with Gasteiger partial charge in [-0.25, -0.2) is 14.6 Å². The van der Waals surface area contributed by atoms with Gasteiger partial charge in [0.15, 0.2) is 0 Å². The van der Waals surface area contributed by atoms with Crippen LogP contribution in [0.4, 0.5) is 5.82 Å². The van der Waals surface area contributed by atoms with Crippen LogP contribution in [-0.4, -0.2) is 30.1 Å². The smallest absolute Gasteiger partial charge is 0.341 e. The molecule has 0 radical (unpaired) electrons. The van der Waals surface area contributed by atoms with Crippen LogP contribution in [0.1, 0.15) is 29.8 Å². The van der Waals surface area contributed by atoms with Crippen LogP contribution in [0.15, 0.2) is 18.3 Å². The van der Waals surface area contributed by atoms with Gasteiger partial charge in [-0.1, -0.05) is 0 Å². The summed E-state index contributed by atoms with van der Waals surface area (Å²) in [6.45, 7) is 3.97. The van der Waals surface area contributed by atoms with Gasteiger partial charge in [0.25, 0.3) is 0 Å². The zero-order chi connectivity index (χ0) is 14.3. The lowest BCUT2D eigenvalue weighted by molar-refractivity contribution is -0.137. The normalized spacial score (nSPS) is 10.4. The molecular weight excluding hydrogens is 248 g/mol. The second-order valence-electron chi connectivity index (χ2n) is 3.51. The first-order chi connectivity index (χ1) is 9.08. The topological polar surface area (TPSA) is 91.5 Å². The summed E-state index contributed by atoms with van der Waals surface area (Å²) in [5, 5.41) is 0. The van der Waals surface area contributed by atoms with Crippen LogP contribution in [0.5, 0.6) is 0 Å². The van der Waals surface area contributed by atoms with Crippen LogP contribution >= 0.6 is 0 Å². The molecule has 0 aliphatic rings. The van der Waals surface area contributed by atoms with Crippen LogP contribution in [0.3, 0.4) is 0 Å². The number of esters is 2. The number of nitrogens with zero attached hydrogens (tertiary/aromatic N) is 1. The molecule has 0 atom stereocenters. The number of rotatable bonds is 5. The summed E-state index contributed by atoms with van der Waals surface area (Å²) in [6.07, 6.45) is 4.20. The lowest BCUT2D eigenvalue weighted by atomic mass is 10.2. The average molecular weight is 264 g/mol. The Morgan fingerprint density at radius 1 is 1.32 bits per heavy atom. The van der Waals surface area contributed by atoms with Crippen LogP contribution < -0.4 is 5.73 Å². The highest BCUT2D eigenvalue weighted by molar-refractivity contribution is 5.95. The number of ether oxygens (including phenoxy) is 2. The van der Waals surface area contributed by atoms with Gasteiger partial charge in [-0.05, 0) is 31.6 Å². The summed E-state index contributed by atoms with van der Waals surface area (Å²) in [5.41, 5.74) is 6.33. The molecule has 19 heavy (non-hydrogen) atoms. The zero-order valence-electron chi connectivity index (χ0n) is 10.9. The van der Waals surface area contributed by atoms with Gasteiger partial charge in [0.2, 0.25) is 0 Å². The van der Waals surface area contributed by atoms with E-state index in [1.807, 2.05) is 0 Å². The Hall–Kier alpha value is -2.37. The average Bonchev–Trinajstić information content (AvgIpc) is 2.38. The Labute approximate surface area is 111 Å². The highest BCUT2D eigenvalue weighted by atomic mass is 16.5. The molecule has 0 aromatic carbocycles. The van der Waals surface area contributed by atoms with E-state index in [0.717, 1.165) is 0 Å². The molecule has 1 rings (SSSR count). The molecule has 0 saturated heterocycles. The molecule has 6 nitrogen and oxygen atoms in total. The molecule has 0 bridgehead atoms. The van der Waals surface area contributed by atoms with Crippen molar-refractivity contribution < 1.29 is 19.1 Å². The van der Waals surface area contributed by atoms with E-state index in [-0.39, 0.29) is 18.0 Å². The first kappa shape index (κ1) is 14.7. The first-order valence-corrected chi connectivity index (χ1v) is 5.86. The third-order valence-corrected chi connectivity index (χ3v) is 2.13. The highest BCUT2D eigenvalue weighted by Gasteiger charge is 2.12. The number of aromatic nitrogens is 1. The number of carbonyl (C=O) groups is 2. The van der Waals surface area contributed by atoms with E-state index in [9.17, 15) is 9.59 Å². The molecular formula is C13H16N2O4. The van der Waals surface area contributed by atoms with Gasteiger partial charge in [-0.2, -0.15) is 0 Å². The molecule has 0 aliphatic carbocycles. The minimum atomic E-state index is -0.543. The van der Waals surface area contributed by atoms with Crippen molar-refractivity contribution in [2.75, 3.05) is 18.9 Å². The van der Waals surface area contributed by atoms with E-state index in [2.05, 4.69) is 4.98 Å². The molecule has 2 N–H and O–H groups in total. The lowest BCUT2D eigenvalue weighted by Gasteiger charge is -2.05. The van der Waals surface area contributed by atoms with Crippen LogP contribution in [-0.2, 0) is 14.3 Å². The summed E-state index contributed by atoms with van der Waals surface area (Å²) in [7, 11) is 0. The number of pyridine rings is 1. The monoisotopic (exact) mass is 264 g/mol. The van der Waals surface area contributed by atoms with Crippen molar-refractivity contribution >= 4 is 23.8 Å². The Morgan fingerprint density at radius 2 is 2.00 bits per heavy atom. The van der Waals surface area contributed by atoms with Crippen LogP contribution in [0, 0.1) is 0 Å². The van der Waals surface area contributed by atoms with Crippen molar-refractivity contribution in [1.29, 1.82) is 0 Å². The molecule has 0 fully saturated rings. The van der Waals surface area contributed by atoms with Crippen molar-refractivity contribution in [2.45, 2.75) is 13.8 Å². The van der Waals surface area contributed by atoms with Crippen molar-refractivity contribution in [2.24, 2.45) is 0 Å². The number of carbonyl (C=O) groups excluding carboxylic acids is 2. The van der Waals surface area contributed by atoms with Gasteiger partial charge in [0.05, 0.1) is 13.2 Å². The standard InChI is InChI=1S/C13H16N2O4/c1-3-18-11(16)6-5-9-7-10(12(14)15-8-9)13(17)19-4-2/h5-8H,3-4H2,1-2H3,(H2,14,15)/b6-5+. The van der Waals surface area contributed by atoms with E-state index >= 15 is 0 Å². The Kier molecular flexibility index (Phi) is 5.53. The fourth-order valence-corrected chi connectivity index (χ4v) is 1.31. The molecule has 1 aromatic rings. The second kappa shape index (κ2) is 7.15. The van der Waals surface area contributed by atoms with Gasteiger partial charge < -0.3 is 15.2 Å². The summed E-state index contributed by atoms with van der Waals surface area (Å²) in [4.78, 5) is 26.6. The molecule has 0 amide bonds. The molecule has 0 aliphatic heterocycles. The first-order valence-electron chi connectivity index (χ1n) is 5.86. The fraction of sp³-hybridized carbons (Fsp3) is 0.308. The minimum Gasteiger partial charge on any atom is -0.463 e. The zero-order valence-corrected chi connectivity index (χ0v) is 10.9. The predicted octanol–water partition coefficient (Wildman–Crippen LogP) is 1.42. The van der Waals surface area contributed by atoms with Gasteiger partial charge in [0.1, 0.15) is 11.4 Å². The van der Waals surface area contributed by atoms with Crippen molar-refractivity contribution in [3.05, 3.63) is 29.5 Å². The van der Waals surface area contributed by atoms with Gasteiger partial charge in [-0.3, -0.25) is 0 Å². The molecule has 1 aromatic heterocycles. The van der Waals surface area contributed by atoms with E-state index in [4.69, 9.17) is 15.2 Å². The summed E-state index contributed by atoms with van der Waals surface area (Å²) < 4.78 is 9.59. The Balaban J connectivity index is 2.90. The Bertz CT molecular complexity index is 497. The van der Waals surface area contributed by atoms with Gasteiger partial charge in [-0.15, -0.1) is 0 Å². The number of nitrogen functional groups attached to an aromatic ring is 1. The lowest BCUT2D eigenvalue weighted by Crippen LogP contribution is -2.09. The van der Waals surface area contributed by atoms with Crippen molar-refractivity contribution in [1.82, 2.24) is 4.98 Å². The highest BCUT2D eigenvalue weighted by Crippen LogP contribution is 2.13. The number of anilines is 1. The van der Waals surface area contributed by atoms with E-state index < -0.39 is 11.9 Å². The largest absolute Gasteiger partial charge is 0.463 e. The maximum absolute atomic E-state index is 11.6. The number of hydrogen-bond donors (Lipinski definition) is 1. The summed E-state index contributed by atoms with van der Waals surface area (Å²) in [6, 6.07) is 1.51. The van der Waals surface area contributed by atoms with Gasteiger partial charge in [0, 0.05) is 12.3 Å². The summed E-state index contributed by atoms with van der Waals surface area (Å²) in [5.74, 6) is -0.914. The number of hydrogen-bond acceptors (Lipinski definition) is 6. The molecule has 0 unspecified atom stereocenters. The van der Waals surface area contributed by atoms with Crippen molar-refractivity contribution in [3.63, 3.8) is 0 Å². The van der Waals surface area contributed by atoms with E-state index in [1.54, 1.807) is 13.8 Å². The van der Waals surface area contributed by atoms with E-state index in [1.165, 1.54) is 24.4 Å². The quantitative estimate of drug-likeness (QED) is 0.638. The van der Waals surface area contributed by atoms with Gasteiger partial charge >= 0.3 is 11.9 Å². The fourth-order valence-electron chi connectivity index (χ4n) is 1.31. The van der Waals surface area contributed by atoms with Crippen LogP contribution in [0.25, 0.3) is 6.08 Å². The Morgan fingerprint density at radius 3 is 2.63 bits per heavy atom. The molecule has 0 saturated carbocycles. The third kappa shape index (κ3) is 4.42. The minimum absolute atomic E-state index is 0.0896. The third-order valence-electron chi connectivity index (χ3n) is 2.13. The maximum Gasteiger partial charge on any atom is 0.341 e. The second-order valence-corrected chi connectivity index (χ2v) is 3.51. The molecule has 6 heteroatoms. The van der Waals surface area contributed by atoms with Crippen LogP contribution in [0.2, 0.25) is 0 Å². The molecule has 0 spiro atoms. The maximum atomic E-state index is 11.6. The number of nitrogens with two attached hydrogens (primary N) is 1. The summed E-state index contributed by atoms with van der Waals surface area (Å²) >= 11 is 0. The molecule has 1 heterocycles. The van der Waals surface area contributed by atoms with E-state index in [0.29, 0.717) is 12.2 Å². The van der Waals surface area contributed by atoms with Crippen molar-refractivity contribution in [3.8, 4) is 0 Å². The molecule has 102 valence electrons. The predicted molar refractivity (Wildman–Crippen MR) is 70.3 cm³/mol. The SMILES string of the molecule is CCOC(=O)/C=C/c1cnc(N)c(C(=O)OCC)c1.